The Morgan fingerprint density at radius 1 is 1.10 bits per heavy atom. The van der Waals surface area contributed by atoms with Crippen LogP contribution >= 0.6 is 0 Å². The summed E-state index contributed by atoms with van der Waals surface area (Å²) in [5.74, 6) is 2.75. The second-order valence-corrected chi connectivity index (χ2v) is 7.42. The molecule has 106 valence electrons. The molecule has 4 atom stereocenters. The van der Waals surface area contributed by atoms with Crippen molar-refractivity contribution >= 4 is 0 Å². The molecule has 0 aliphatic heterocycles. The first-order valence-corrected chi connectivity index (χ1v) is 8.47. The summed E-state index contributed by atoms with van der Waals surface area (Å²) in [6.45, 7) is 4.82. The Kier molecular flexibility index (Phi) is 2.84. The van der Waals surface area contributed by atoms with E-state index in [-0.39, 0.29) is 0 Å². The zero-order valence-corrected chi connectivity index (χ0v) is 12.9. The molecular formula is C20H26. The van der Waals surface area contributed by atoms with E-state index in [1.807, 2.05) is 0 Å². The minimum Gasteiger partial charge on any atom is -0.0879 e. The molecule has 2 saturated carbocycles. The lowest BCUT2D eigenvalue weighted by Gasteiger charge is -2.49. The fourth-order valence-electron chi connectivity index (χ4n) is 5.84. The average molecular weight is 266 g/mol. The summed E-state index contributed by atoms with van der Waals surface area (Å²) in [7, 11) is 0. The predicted molar refractivity (Wildman–Crippen MR) is 84.8 cm³/mol. The molecule has 1 aromatic carbocycles. The van der Waals surface area contributed by atoms with Gasteiger partial charge in [0.05, 0.1) is 0 Å². The first kappa shape index (κ1) is 12.7. The lowest BCUT2D eigenvalue weighted by molar-refractivity contribution is 0.0814. The molecule has 2 fully saturated rings. The molecule has 0 N–H and O–H groups in total. The standard InChI is InChI=1S/C20H26/c1-3-15-9-11-19-18-10-8-14-6-4-5-7-16(14)17(18)12-13-20(15,19)2/h3-7,17-19H,8-13H2,1-2H3/t17-,18-,19+,20-/m1/s1. The highest BCUT2D eigenvalue weighted by Crippen LogP contribution is 2.62. The molecule has 0 nitrogen and oxygen atoms in total. The Hall–Kier alpha value is -1.04. The molecule has 0 radical (unpaired) electrons. The van der Waals surface area contributed by atoms with Crippen LogP contribution in [0.15, 0.2) is 35.9 Å². The number of rotatable bonds is 0. The molecule has 0 saturated heterocycles. The van der Waals surface area contributed by atoms with E-state index in [2.05, 4.69) is 44.2 Å². The third-order valence-corrected chi connectivity index (χ3v) is 6.83. The highest BCUT2D eigenvalue weighted by atomic mass is 14.6. The molecule has 3 aliphatic rings. The molecule has 3 aliphatic carbocycles. The van der Waals surface area contributed by atoms with Crippen LogP contribution in [0.5, 0.6) is 0 Å². The van der Waals surface area contributed by atoms with Crippen LogP contribution in [-0.4, -0.2) is 0 Å². The Morgan fingerprint density at radius 3 is 2.80 bits per heavy atom. The maximum Gasteiger partial charge on any atom is -0.00851 e. The van der Waals surface area contributed by atoms with E-state index in [4.69, 9.17) is 0 Å². The Balaban J connectivity index is 1.72. The van der Waals surface area contributed by atoms with E-state index in [0.717, 1.165) is 17.8 Å². The molecule has 4 rings (SSSR count). The van der Waals surface area contributed by atoms with Crippen LogP contribution < -0.4 is 0 Å². The number of hydrogen-bond acceptors (Lipinski definition) is 0. The van der Waals surface area contributed by atoms with Gasteiger partial charge in [0, 0.05) is 0 Å². The van der Waals surface area contributed by atoms with Crippen molar-refractivity contribution in [3.63, 3.8) is 0 Å². The van der Waals surface area contributed by atoms with E-state index >= 15 is 0 Å². The fourth-order valence-corrected chi connectivity index (χ4v) is 5.84. The van der Waals surface area contributed by atoms with Crippen LogP contribution in [0.1, 0.15) is 63.0 Å². The van der Waals surface area contributed by atoms with Gasteiger partial charge in [-0.05, 0) is 79.7 Å². The molecular weight excluding hydrogens is 240 g/mol. The zero-order valence-electron chi connectivity index (χ0n) is 12.9. The van der Waals surface area contributed by atoms with E-state index in [1.54, 1.807) is 16.7 Å². The normalized spacial score (nSPS) is 41.1. The minimum atomic E-state index is 0.530. The first-order valence-electron chi connectivity index (χ1n) is 8.47. The highest BCUT2D eigenvalue weighted by molar-refractivity contribution is 5.36. The Bertz CT molecular complexity index is 553. The van der Waals surface area contributed by atoms with Crippen LogP contribution in [0.3, 0.4) is 0 Å². The number of hydrogen-bond donors (Lipinski definition) is 0. The van der Waals surface area contributed by atoms with Gasteiger partial charge in [-0.25, -0.2) is 0 Å². The van der Waals surface area contributed by atoms with Gasteiger partial charge in [0.2, 0.25) is 0 Å². The van der Waals surface area contributed by atoms with Gasteiger partial charge in [-0.3, -0.25) is 0 Å². The van der Waals surface area contributed by atoms with E-state index in [0.29, 0.717) is 5.41 Å². The van der Waals surface area contributed by atoms with Crippen molar-refractivity contribution < 1.29 is 0 Å². The molecule has 0 heterocycles. The third-order valence-electron chi connectivity index (χ3n) is 6.83. The zero-order chi connectivity index (χ0) is 13.7. The average Bonchev–Trinajstić information content (AvgIpc) is 2.83. The molecule has 0 amide bonds. The maximum atomic E-state index is 2.57. The summed E-state index contributed by atoms with van der Waals surface area (Å²) in [5.41, 5.74) is 5.63. The van der Waals surface area contributed by atoms with Crippen molar-refractivity contribution in [3.8, 4) is 0 Å². The van der Waals surface area contributed by atoms with Crippen LogP contribution in [0.2, 0.25) is 0 Å². The van der Waals surface area contributed by atoms with Crippen LogP contribution in [0.25, 0.3) is 0 Å². The summed E-state index contributed by atoms with van der Waals surface area (Å²) in [6.07, 6.45) is 10.8. The summed E-state index contributed by atoms with van der Waals surface area (Å²) in [5, 5.41) is 0. The summed E-state index contributed by atoms with van der Waals surface area (Å²) < 4.78 is 0. The second kappa shape index (κ2) is 4.48. The lowest BCUT2D eigenvalue weighted by atomic mass is 9.55. The predicted octanol–water partition coefficient (Wildman–Crippen LogP) is 5.49. The monoisotopic (exact) mass is 266 g/mol. The van der Waals surface area contributed by atoms with Gasteiger partial charge in [-0.1, -0.05) is 42.8 Å². The van der Waals surface area contributed by atoms with Crippen molar-refractivity contribution in [1.82, 2.24) is 0 Å². The summed E-state index contributed by atoms with van der Waals surface area (Å²) >= 11 is 0. The highest BCUT2D eigenvalue weighted by Gasteiger charge is 2.52. The molecule has 0 unspecified atom stereocenters. The SMILES string of the molecule is CC=C1CC[C@H]2[C@@H]3CCc4ccccc4[C@H]3CC[C@]12C. The minimum absolute atomic E-state index is 0.530. The largest absolute Gasteiger partial charge is 0.0879 e. The van der Waals surface area contributed by atoms with Crippen molar-refractivity contribution in [3.05, 3.63) is 47.0 Å². The molecule has 0 heteroatoms. The molecule has 0 aromatic heterocycles. The van der Waals surface area contributed by atoms with Gasteiger partial charge in [0.15, 0.2) is 0 Å². The van der Waals surface area contributed by atoms with Gasteiger partial charge in [0.25, 0.3) is 0 Å². The topological polar surface area (TPSA) is 0 Å². The fraction of sp³-hybridized carbons (Fsp3) is 0.600. The van der Waals surface area contributed by atoms with Gasteiger partial charge in [0.1, 0.15) is 0 Å². The lowest BCUT2D eigenvalue weighted by Crippen LogP contribution is -2.40. The first-order chi connectivity index (χ1) is 9.74. The number of fused-ring (bicyclic) bond motifs is 5. The molecule has 0 bridgehead atoms. The van der Waals surface area contributed by atoms with Gasteiger partial charge < -0.3 is 0 Å². The second-order valence-electron chi connectivity index (χ2n) is 7.42. The van der Waals surface area contributed by atoms with Crippen molar-refractivity contribution in [2.75, 3.05) is 0 Å². The number of allylic oxidation sites excluding steroid dienone is 2. The van der Waals surface area contributed by atoms with Gasteiger partial charge >= 0.3 is 0 Å². The van der Waals surface area contributed by atoms with Crippen molar-refractivity contribution in [1.29, 1.82) is 0 Å². The summed E-state index contributed by atoms with van der Waals surface area (Å²) in [6, 6.07) is 9.26. The quantitative estimate of drug-likeness (QED) is 0.545. The van der Waals surface area contributed by atoms with Crippen LogP contribution in [0.4, 0.5) is 0 Å². The number of benzene rings is 1. The molecule has 1 aromatic rings. The van der Waals surface area contributed by atoms with E-state index in [9.17, 15) is 0 Å². The van der Waals surface area contributed by atoms with Crippen molar-refractivity contribution in [2.24, 2.45) is 17.3 Å². The Morgan fingerprint density at radius 2 is 1.95 bits per heavy atom. The molecule has 0 spiro atoms. The number of aryl methyl sites for hydroxylation is 1. The smallest absolute Gasteiger partial charge is 0.00851 e. The van der Waals surface area contributed by atoms with E-state index < -0.39 is 0 Å². The van der Waals surface area contributed by atoms with Crippen molar-refractivity contribution in [2.45, 2.75) is 58.3 Å². The van der Waals surface area contributed by atoms with Gasteiger partial charge in [-0.15, -0.1) is 0 Å². The van der Waals surface area contributed by atoms with Gasteiger partial charge in [-0.2, -0.15) is 0 Å². The molecule has 20 heavy (non-hydrogen) atoms. The summed E-state index contributed by atoms with van der Waals surface area (Å²) in [4.78, 5) is 0. The Labute approximate surface area is 123 Å². The van der Waals surface area contributed by atoms with Crippen LogP contribution in [0, 0.1) is 17.3 Å². The third kappa shape index (κ3) is 1.60. The van der Waals surface area contributed by atoms with Crippen LogP contribution in [-0.2, 0) is 6.42 Å². The van der Waals surface area contributed by atoms with E-state index in [1.165, 1.54) is 38.5 Å². The maximum absolute atomic E-state index is 2.57.